The van der Waals surface area contributed by atoms with Crippen molar-refractivity contribution in [3.05, 3.63) is 82.4 Å². The topological polar surface area (TPSA) is 0 Å². The number of hydrogen-bond donors (Lipinski definition) is 0. The van der Waals surface area contributed by atoms with Crippen molar-refractivity contribution in [2.45, 2.75) is 77.6 Å². The smallest absolute Gasteiger partial charge is 0.0118 e. The number of fused-ring (bicyclic) bond motifs is 2. The van der Waals surface area contributed by atoms with E-state index in [0.717, 1.165) is 0 Å². The lowest BCUT2D eigenvalue weighted by molar-refractivity contribution is 0.584. The van der Waals surface area contributed by atoms with Gasteiger partial charge in [0.2, 0.25) is 0 Å². The second-order valence-electron chi connectivity index (χ2n) is 8.69. The second-order valence-corrected chi connectivity index (χ2v) is 8.69. The molecule has 3 aromatic carbocycles. The van der Waals surface area contributed by atoms with E-state index in [9.17, 15) is 0 Å². The fraction of sp³-hybridized carbons (Fsp3) is 0.429. The standard InChI is InChI=1S/C28H34/c1-3-5-6-8-22-10-12-26-20-28(16-14-24(26)18-22)27-15-13-23-17-21(7-4-2)9-11-25(23)19-27/h9-12,14,16-18,20,27H,3-8,13,15,19H2,1-2H3. The Bertz CT molecular complexity index is 934. The highest BCUT2D eigenvalue weighted by molar-refractivity contribution is 5.84. The number of aryl methyl sites for hydroxylation is 3. The quantitative estimate of drug-likeness (QED) is 0.372. The van der Waals surface area contributed by atoms with E-state index in [2.05, 4.69) is 68.4 Å². The number of unbranched alkanes of at least 4 members (excludes halogenated alkanes) is 2. The molecule has 0 fully saturated rings. The third-order valence-corrected chi connectivity index (χ3v) is 6.51. The molecule has 146 valence electrons. The Labute approximate surface area is 171 Å². The average Bonchev–Trinajstić information content (AvgIpc) is 2.73. The van der Waals surface area contributed by atoms with Crippen LogP contribution in [0.15, 0.2) is 54.6 Å². The van der Waals surface area contributed by atoms with E-state index in [1.807, 2.05) is 0 Å². The maximum Gasteiger partial charge on any atom is -0.0118 e. The van der Waals surface area contributed by atoms with Gasteiger partial charge in [0.05, 0.1) is 0 Å². The van der Waals surface area contributed by atoms with Crippen LogP contribution in [-0.2, 0) is 25.7 Å². The molecule has 1 aliphatic carbocycles. The maximum absolute atomic E-state index is 2.47. The van der Waals surface area contributed by atoms with Crippen LogP contribution in [0.25, 0.3) is 10.8 Å². The molecule has 1 unspecified atom stereocenters. The lowest BCUT2D eigenvalue weighted by Crippen LogP contribution is -2.13. The largest absolute Gasteiger partial charge is 0.0654 e. The normalized spacial score (nSPS) is 16.3. The number of rotatable bonds is 7. The minimum absolute atomic E-state index is 0.665. The first-order valence-corrected chi connectivity index (χ1v) is 11.4. The van der Waals surface area contributed by atoms with Crippen LogP contribution in [0.1, 0.15) is 79.7 Å². The van der Waals surface area contributed by atoms with Crippen molar-refractivity contribution in [1.29, 1.82) is 0 Å². The van der Waals surface area contributed by atoms with E-state index >= 15 is 0 Å². The van der Waals surface area contributed by atoms with Crippen LogP contribution < -0.4 is 0 Å². The van der Waals surface area contributed by atoms with Crippen molar-refractivity contribution in [3.63, 3.8) is 0 Å². The highest BCUT2D eigenvalue weighted by atomic mass is 14.2. The molecular weight excluding hydrogens is 336 g/mol. The van der Waals surface area contributed by atoms with Crippen molar-refractivity contribution in [3.8, 4) is 0 Å². The lowest BCUT2D eigenvalue weighted by Gasteiger charge is -2.26. The second kappa shape index (κ2) is 8.95. The molecule has 0 radical (unpaired) electrons. The van der Waals surface area contributed by atoms with E-state index in [4.69, 9.17) is 0 Å². The van der Waals surface area contributed by atoms with Crippen molar-refractivity contribution < 1.29 is 0 Å². The van der Waals surface area contributed by atoms with Gasteiger partial charge in [0.1, 0.15) is 0 Å². The van der Waals surface area contributed by atoms with Gasteiger partial charge in [-0.1, -0.05) is 87.7 Å². The number of hydrogen-bond acceptors (Lipinski definition) is 0. The van der Waals surface area contributed by atoms with E-state index in [1.165, 1.54) is 85.3 Å². The van der Waals surface area contributed by atoms with Gasteiger partial charge < -0.3 is 0 Å². The third kappa shape index (κ3) is 4.32. The number of benzene rings is 3. The molecule has 3 aromatic rings. The van der Waals surface area contributed by atoms with E-state index < -0.39 is 0 Å². The Kier molecular flexibility index (Phi) is 6.15. The van der Waals surface area contributed by atoms with Crippen molar-refractivity contribution >= 4 is 10.8 Å². The van der Waals surface area contributed by atoms with Gasteiger partial charge in [-0.25, -0.2) is 0 Å². The molecular formula is C28H34. The zero-order chi connectivity index (χ0) is 19.3. The molecule has 0 nitrogen and oxygen atoms in total. The molecule has 1 atom stereocenters. The zero-order valence-corrected chi connectivity index (χ0v) is 17.6. The van der Waals surface area contributed by atoms with Crippen molar-refractivity contribution in [2.75, 3.05) is 0 Å². The Balaban J connectivity index is 1.50. The van der Waals surface area contributed by atoms with Gasteiger partial charge in [-0.3, -0.25) is 0 Å². The summed E-state index contributed by atoms with van der Waals surface area (Å²) in [6, 6.07) is 21.5. The fourth-order valence-electron chi connectivity index (χ4n) is 4.84. The Morgan fingerprint density at radius 1 is 0.714 bits per heavy atom. The molecule has 0 aromatic heterocycles. The van der Waals surface area contributed by atoms with Crippen molar-refractivity contribution in [2.24, 2.45) is 0 Å². The SMILES string of the molecule is CCCCCc1ccc2cc(C3CCc4cc(CCC)ccc4C3)ccc2c1. The van der Waals surface area contributed by atoms with Crippen LogP contribution in [-0.4, -0.2) is 0 Å². The predicted octanol–water partition coefficient (Wildman–Crippen LogP) is 7.80. The van der Waals surface area contributed by atoms with Gasteiger partial charge in [-0.05, 0) is 83.0 Å². The summed E-state index contributed by atoms with van der Waals surface area (Å²) in [6.07, 6.45) is 11.3. The van der Waals surface area contributed by atoms with Crippen LogP contribution in [0.3, 0.4) is 0 Å². The van der Waals surface area contributed by atoms with Crippen LogP contribution in [0.4, 0.5) is 0 Å². The third-order valence-electron chi connectivity index (χ3n) is 6.51. The zero-order valence-electron chi connectivity index (χ0n) is 17.6. The fourth-order valence-corrected chi connectivity index (χ4v) is 4.84. The summed E-state index contributed by atoms with van der Waals surface area (Å²) in [5.74, 6) is 0.665. The van der Waals surface area contributed by atoms with Crippen molar-refractivity contribution in [1.82, 2.24) is 0 Å². The summed E-state index contributed by atoms with van der Waals surface area (Å²) in [4.78, 5) is 0. The molecule has 28 heavy (non-hydrogen) atoms. The van der Waals surface area contributed by atoms with Gasteiger partial charge in [0.15, 0.2) is 0 Å². The van der Waals surface area contributed by atoms with Gasteiger partial charge in [-0.15, -0.1) is 0 Å². The van der Waals surface area contributed by atoms with Gasteiger partial charge in [0.25, 0.3) is 0 Å². The lowest BCUT2D eigenvalue weighted by atomic mass is 9.79. The highest BCUT2D eigenvalue weighted by Crippen LogP contribution is 2.34. The van der Waals surface area contributed by atoms with E-state index in [-0.39, 0.29) is 0 Å². The van der Waals surface area contributed by atoms with Crippen LogP contribution >= 0.6 is 0 Å². The monoisotopic (exact) mass is 370 g/mol. The molecule has 0 heteroatoms. The van der Waals surface area contributed by atoms with Crippen LogP contribution in [0.2, 0.25) is 0 Å². The maximum atomic E-state index is 2.47. The van der Waals surface area contributed by atoms with E-state index in [0.29, 0.717) is 5.92 Å². The summed E-state index contributed by atoms with van der Waals surface area (Å²) >= 11 is 0. The van der Waals surface area contributed by atoms with Gasteiger partial charge in [-0.2, -0.15) is 0 Å². The molecule has 0 spiro atoms. The summed E-state index contributed by atoms with van der Waals surface area (Å²) in [6.45, 7) is 4.54. The summed E-state index contributed by atoms with van der Waals surface area (Å²) in [5.41, 5.74) is 7.69. The Hall–Kier alpha value is -2.08. The molecule has 0 N–H and O–H groups in total. The average molecular weight is 371 g/mol. The molecule has 0 saturated heterocycles. The van der Waals surface area contributed by atoms with Crippen LogP contribution in [0, 0.1) is 0 Å². The molecule has 0 amide bonds. The molecule has 0 saturated carbocycles. The van der Waals surface area contributed by atoms with Crippen LogP contribution in [0.5, 0.6) is 0 Å². The molecule has 0 heterocycles. The first-order valence-electron chi connectivity index (χ1n) is 11.4. The summed E-state index contributed by atoms with van der Waals surface area (Å²) in [5, 5.41) is 2.80. The minimum Gasteiger partial charge on any atom is -0.0654 e. The summed E-state index contributed by atoms with van der Waals surface area (Å²) < 4.78 is 0. The first kappa shape index (κ1) is 19.2. The predicted molar refractivity (Wildman–Crippen MR) is 122 cm³/mol. The summed E-state index contributed by atoms with van der Waals surface area (Å²) in [7, 11) is 0. The minimum atomic E-state index is 0.665. The highest BCUT2D eigenvalue weighted by Gasteiger charge is 2.20. The van der Waals surface area contributed by atoms with E-state index in [1.54, 1.807) is 11.1 Å². The Morgan fingerprint density at radius 2 is 1.50 bits per heavy atom. The Morgan fingerprint density at radius 3 is 2.36 bits per heavy atom. The first-order chi connectivity index (χ1) is 13.8. The molecule has 1 aliphatic rings. The molecule has 0 aliphatic heterocycles. The molecule has 4 rings (SSSR count). The van der Waals surface area contributed by atoms with Gasteiger partial charge >= 0.3 is 0 Å². The molecule has 0 bridgehead atoms. The van der Waals surface area contributed by atoms with Gasteiger partial charge in [0, 0.05) is 0 Å².